The van der Waals surface area contributed by atoms with Crippen LogP contribution in [0, 0.1) is 5.92 Å². The zero-order valence-corrected chi connectivity index (χ0v) is 12.5. The molecule has 0 spiro atoms. The van der Waals surface area contributed by atoms with Crippen LogP contribution in [0.1, 0.15) is 58.3 Å². The smallest absolute Gasteiger partial charge is 0.118 e. The number of hydrogen-bond acceptors (Lipinski definition) is 3. The van der Waals surface area contributed by atoms with Gasteiger partial charge >= 0.3 is 0 Å². The highest BCUT2D eigenvalue weighted by molar-refractivity contribution is 5.86. The molecule has 1 unspecified atom stereocenters. The van der Waals surface area contributed by atoms with Crippen molar-refractivity contribution in [3.63, 3.8) is 0 Å². The standard InChI is InChI=1S/C15H30N2O/c1-4-5-9-14-10-6-7-11-15(14)16-18-13-8-12-17(2)3/h14H,4-13H2,1-3H3. The molecular formula is C15H30N2O. The molecule has 0 aromatic heterocycles. The van der Waals surface area contributed by atoms with Crippen LogP contribution in [-0.4, -0.2) is 37.9 Å². The molecule has 0 aromatic carbocycles. The van der Waals surface area contributed by atoms with E-state index in [-0.39, 0.29) is 0 Å². The summed E-state index contributed by atoms with van der Waals surface area (Å²) < 4.78 is 0. The zero-order chi connectivity index (χ0) is 13.2. The van der Waals surface area contributed by atoms with E-state index in [0.29, 0.717) is 5.92 Å². The number of rotatable bonds is 8. The van der Waals surface area contributed by atoms with Gasteiger partial charge in [0.2, 0.25) is 0 Å². The maximum Gasteiger partial charge on any atom is 0.118 e. The van der Waals surface area contributed by atoms with E-state index >= 15 is 0 Å². The Kier molecular flexibility index (Phi) is 8.06. The lowest BCUT2D eigenvalue weighted by molar-refractivity contribution is 0.131. The Labute approximate surface area is 113 Å². The maximum absolute atomic E-state index is 5.50. The van der Waals surface area contributed by atoms with Crippen LogP contribution in [0.5, 0.6) is 0 Å². The Morgan fingerprint density at radius 1 is 1.28 bits per heavy atom. The molecule has 0 amide bonds. The van der Waals surface area contributed by atoms with Crippen LogP contribution < -0.4 is 0 Å². The summed E-state index contributed by atoms with van der Waals surface area (Å²) in [5.74, 6) is 0.701. The predicted molar refractivity (Wildman–Crippen MR) is 78.0 cm³/mol. The molecule has 3 nitrogen and oxygen atoms in total. The molecule has 0 radical (unpaired) electrons. The van der Waals surface area contributed by atoms with Crippen LogP contribution in [0.15, 0.2) is 5.16 Å². The summed E-state index contributed by atoms with van der Waals surface area (Å²) in [7, 11) is 4.18. The lowest BCUT2D eigenvalue weighted by atomic mass is 9.84. The molecule has 1 aliphatic rings. The molecule has 0 aliphatic heterocycles. The van der Waals surface area contributed by atoms with Gasteiger partial charge in [0.25, 0.3) is 0 Å². The van der Waals surface area contributed by atoms with Gasteiger partial charge in [0, 0.05) is 12.5 Å². The third-order valence-corrected chi connectivity index (χ3v) is 3.64. The normalized spacial score (nSPS) is 22.7. The average molecular weight is 254 g/mol. The van der Waals surface area contributed by atoms with E-state index in [1.54, 1.807) is 0 Å². The van der Waals surface area contributed by atoms with Crippen molar-refractivity contribution < 1.29 is 4.84 Å². The van der Waals surface area contributed by atoms with E-state index < -0.39 is 0 Å². The fourth-order valence-electron chi connectivity index (χ4n) is 2.52. The second kappa shape index (κ2) is 9.37. The molecule has 0 N–H and O–H groups in total. The van der Waals surface area contributed by atoms with Crippen molar-refractivity contribution in [3.8, 4) is 0 Å². The number of oxime groups is 1. The van der Waals surface area contributed by atoms with Crippen LogP contribution >= 0.6 is 0 Å². The lowest BCUT2D eigenvalue weighted by Crippen LogP contribution is -2.20. The van der Waals surface area contributed by atoms with Crippen LogP contribution in [0.4, 0.5) is 0 Å². The third-order valence-electron chi connectivity index (χ3n) is 3.64. The number of nitrogens with zero attached hydrogens (tertiary/aromatic N) is 2. The fourth-order valence-corrected chi connectivity index (χ4v) is 2.52. The topological polar surface area (TPSA) is 24.8 Å². The molecule has 0 heterocycles. The minimum absolute atomic E-state index is 0.701. The first-order chi connectivity index (χ1) is 8.74. The van der Waals surface area contributed by atoms with Crippen LogP contribution in [0.25, 0.3) is 0 Å². The largest absolute Gasteiger partial charge is 0.396 e. The minimum Gasteiger partial charge on any atom is -0.396 e. The highest BCUT2D eigenvalue weighted by Crippen LogP contribution is 2.26. The van der Waals surface area contributed by atoms with E-state index in [0.717, 1.165) is 26.0 Å². The van der Waals surface area contributed by atoms with Gasteiger partial charge in [-0.15, -0.1) is 0 Å². The monoisotopic (exact) mass is 254 g/mol. The van der Waals surface area contributed by atoms with Gasteiger partial charge in [-0.1, -0.05) is 31.3 Å². The highest BCUT2D eigenvalue weighted by atomic mass is 16.6. The van der Waals surface area contributed by atoms with E-state index in [4.69, 9.17) is 4.84 Å². The Balaban J connectivity index is 2.26. The molecule has 1 atom stereocenters. The first kappa shape index (κ1) is 15.5. The Bertz CT molecular complexity index is 239. The van der Waals surface area contributed by atoms with E-state index in [2.05, 4.69) is 31.1 Å². The second-order valence-corrected chi connectivity index (χ2v) is 5.66. The van der Waals surface area contributed by atoms with Crippen molar-refractivity contribution in [3.05, 3.63) is 0 Å². The van der Waals surface area contributed by atoms with E-state index in [1.807, 2.05) is 0 Å². The Hall–Kier alpha value is -0.570. The molecule has 0 aromatic rings. The van der Waals surface area contributed by atoms with Gasteiger partial charge in [-0.25, -0.2) is 0 Å². The molecule has 1 fully saturated rings. The SMILES string of the molecule is CCCCC1CCCCC1=NOCCCN(C)C. The van der Waals surface area contributed by atoms with Crippen LogP contribution in [-0.2, 0) is 4.84 Å². The van der Waals surface area contributed by atoms with Gasteiger partial charge in [0.05, 0.1) is 5.71 Å². The van der Waals surface area contributed by atoms with E-state index in [9.17, 15) is 0 Å². The van der Waals surface area contributed by atoms with Crippen LogP contribution in [0.2, 0.25) is 0 Å². The Morgan fingerprint density at radius 2 is 2.11 bits per heavy atom. The third kappa shape index (κ3) is 6.39. The quantitative estimate of drug-likeness (QED) is 0.487. The van der Waals surface area contributed by atoms with Gasteiger partial charge < -0.3 is 9.74 Å². The summed E-state index contributed by atoms with van der Waals surface area (Å²) in [6.07, 6.45) is 10.1. The molecule has 0 bridgehead atoms. The molecule has 106 valence electrons. The van der Waals surface area contributed by atoms with Crippen molar-refractivity contribution in [2.75, 3.05) is 27.2 Å². The molecule has 3 heteroatoms. The predicted octanol–water partition coefficient (Wildman–Crippen LogP) is 3.69. The van der Waals surface area contributed by atoms with Gasteiger partial charge in [-0.2, -0.15) is 0 Å². The summed E-state index contributed by atoms with van der Waals surface area (Å²) in [4.78, 5) is 7.68. The van der Waals surface area contributed by atoms with E-state index in [1.165, 1.54) is 44.2 Å². The molecule has 1 saturated carbocycles. The van der Waals surface area contributed by atoms with Crippen molar-refractivity contribution >= 4 is 5.71 Å². The first-order valence-electron chi connectivity index (χ1n) is 7.57. The zero-order valence-electron chi connectivity index (χ0n) is 12.5. The van der Waals surface area contributed by atoms with Crippen molar-refractivity contribution in [1.82, 2.24) is 4.90 Å². The van der Waals surface area contributed by atoms with Crippen molar-refractivity contribution in [2.24, 2.45) is 11.1 Å². The van der Waals surface area contributed by atoms with Gasteiger partial charge in [-0.3, -0.25) is 0 Å². The minimum atomic E-state index is 0.701. The number of hydrogen-bond donors (Lipinski definition) is 0. The summed E-state index contributed by atoms with van der Waals surface area (Å²) >= 11 is 0. The average Bonchev–Trinajstić information content (AvgIpc) is 2.36. The summed E-state index contributed by atoms with van der Waals surface area (Å²) in [5.41, 5.74) is 1.33. The Morgan fingerprint density at radius 3 is 2.83 bits per heavy atom. The maximum atomic E-state index is 5.50. The summed E-state index contributed by atoms with van der Waals surface area (Å²) in [6.45, 7) is 4.09. The second-order valence-electron chi connectivity index (χ2n) is 5.66. The highest BCUT2D eigenvalue weighted by Gasteiger charge is 2.20. The fraction of sp³-hybridized carbons (Fsp3) is 0.933. The molecular weight excluding hydrogens is 224 g/mol. The van der Waals surface area contributed by atoms with Gasteiger partial charge in [0.1, 0.15) is 6.61 Å². The van der Waals surface area contributed by atoms with Crippen molar-refractivity contribution in [2.45, 2.75) is 58.3 Å². The summed E-state index contributed by atoms with van der Waals surface area (Å²) in [5, 5.41) is 4.41. The lowest BCUT2D eigenvalue weighted by Gasteiger charge is -2.23. The molecule has 18 heavy (non-hydrogen) atoms. The summed E-state index contributed by atoms with van der Waals surface area (Å²) in [6, 6.07) is 0. The molecule has 1 rings (SSSR count). The van der Waals surface area contributed by atoms with Crippen molar-refractivity contribution in [1.29, 1.82) is 0 Å². The molecule has 0 saturated heterocycles. The van der Waals surface area contributed by atoms with Gasteiger partial charge in [-0.05, 0) is 46.2 Å². The molecule has 1 aliphatic carbocycles. The first-order valence-corrected chi connectivity index (χ1v) is 7.57. The number of unbranched alkanes of at least 4 members (excludes halogenated alkanes) is 1. The van der Waals surface area contributed by atoms with Gasteiger partial charge in [0.15, 0.2) is 0 Å². The van der Waals surface area contributed by atoms with Crippen LogP contribution in [0.3, 0.4) is 0 Å².